The number of carbonyl (C=O) groups is 1. The third kappa shape index (κ3) is 4.00. The molecule has 8 heteroatoms. The lowest BCUT2D eigenvalue weighted by Crippen LogP contribution is -2.48. The van der Waals surface area contributed by atoms with Crippen LogP contribution in [0, 0.1) is 0 Å². The lowest BCUT2D eigenvalue weighted by Gasteiger charge is -2.37. The molecule has 0 spiro atoms. The fraction of sp³-hybridized carbons (Fsp3) is 0.533. The number of thioether (sulfide) groups is 1. The monoisotopic (exact) mass is 353 g/mol. The van der Waals surface area contributed by atoms with Gasteiger partial charge in [0.1, 0.15) is 11.0 Å². The van der Waals surface area contributed by atoms with E-state index in [0.29, 0.717) is 18.7 Å². The Bertz CT molecular complexity index is 671. The van der Waals surface area contributed by atoms with Crippen LogP contribution in [-0.4, -0.2) is 56.6 Å². The van der Waals surface area contributed by atoms with E-state index in [0.717, 1.165) is 47.1 Å². The Morgan fingerprint density at radius 2 is 2.09 bits per heavy atom. The Morgan fingerprint density at radius 1 is 1.30 bits per heavy atom. The zero-order valence-corrected chi connectivity index (χ0v) is 14.3. The first-order valence-corrected chi connectivity index (χ1v) is 9.44. The second kappa shape index (κ2) is 7.57. The third-order valence-corrected chi connectivity index (χ3v) is 5.53. The summed E-state index contributed by atoms with van der Waals surface area (Å²) in [6, 6.07) is 5.33. The second-order valence-electron chi connectivity index (χ2n) is 5.52. The summed E-state index contributed by atoms with van der Waals surface area (Å²) >= 11 is 3.03. The van der Waals surface area contributed by atoms with Crippen LogP contribution in [0.5, 0.6) is 0 Å². The number of ether oxygens (including phenoxy) is 1. The highest BCUT2D eigenvalue weighted by Gasteiger charge is 2.33. The largest absolute Gasteiger partial charge is 0.394 e. The molecule has 6 nitrogen and oxygen atoms in total. The number of rotatable bonds is 6. The lowest BCUT2D eigenvalue weighted by atomic mass is 9.96. The molecule has 0 unspecified atom stereocenters. The summed E-state index contributed by atoms with van der Waals surface area (Å²) in [5.74, 6) is 1.89. The first kappa shape index (κ1) is 16.6. The molecule has 3 rings (SSSR count). The van der Waals surface area contributed by atoms with Gasteiger partial charge in [-0.25, -0.2) is 0 Å². The molecule has 0 saturated carbocycles. The Labute approximate surface area is 142 Å². The van der Waals surface area contributed by atoms with Crippen LogP contribution in [0.1, 0.15) is 23.2 Å². The van der Waals surface area contributed by atoms with Crippen molar-refractivity contribution in [3.05, 3.63) is 23.8 Å². The van der Waals surface area contributed by atoms with Crippen molar-refractivity contribution < 1.29 is 14.6 Å². The van der Waals surface area contributed by atoms with Gasteiger partial charge < -0.3 is 15.2 Å². The Kier molecular flexibility index (Phi) is 5.47. The van der Waals surface area contributed by atoms with Crippen molar-refractivity contribution in [2.45, 2.75) is 18.4 Å². The Hall–Kier alpha value is -1.22. The third-order valence-electron chi connectivity index (χ3n) is 3.99. The van der Waals surface area contributed by atoms with E-state index in [1.165, 1.54) is 0 Å². The van der Waals surface area contributed by atoms with E-state index in [9.17, 15) is 4.79 Å². The molecule has 0 radical (unpaired) electrons. The summed E-state index contributed by atoms with van der Waals surface area (Å²) in [6.45, 7) is 0.757. The van der Waals surface area contributed by atoms with Gasteiger partial charge in [0.25, 0.3) is 5.91 Å². The molecule has 1 aliphatic heterocycles. The van der Waals surface area contributed by atoms with E-state index in [1.807, 2.05) is 17.8 Å². The first-order valence-electron chi connectivity index (χ1n) is 7.56. The van der Waals surface area contributed by atoms with Crippen LogP contribution < -0.4 is 5.32 Å². The van der Waals surface area contributed by atoms with Crippen LogP contribution in [0.4, 0.5) is 0 Å². The van der Waals surface area contributed by atoms with Gasteiger partial charge in [-0.1, -0.05) is 0 Å². The molecule has 2 heterocycles. The number of carbonyl (C=O) groups excluding carboxylic acids is 1. The fourth-order valence-corrected chi connectivity index (χ4v) is 4.40. The lowest BCUT2D eigenvalue weighted by molar-refractivity contribution is -0.0608. The van der Waals surface area contributed by atoms with Crippen molar-refractivity contribution in [3.8, 4) is 0 Å². The number of aliphatic hydroxyl groups excluding tert-OH is 1. The maximum absolute atomic E-state index is 12.4. The average molecular weight is 353 g/mol. The standard InChI is InChI=1S/C15H19N3O3S2/c19-5-6-21-15(3-7-22-8-4-15)10-16-14(20)11-1-2-12-13(9-11)18-23-17-12/h1-2,9,19H,3-8,10H2,(H,16,20). The van der Waals surface area contributed by atoms with Crippen molar-refractivity contribution in [1.82, 2.24) is 14.1 Å². The minimum atomic E-state index is -0.365. The van der Waals surface area contributed by atoms with Crippen LogP contribution in [0.25, 0.3) is 11.0 Å². The fourth-order valence-electron chi connectivity index (χ4n) is 2.64. The van der Waals surface area contributed by atoms with Crippen molar-refractivity contribution in [1.29, 1.82) is 0 Å². The van der Waals surface area contributed by atoms with E-state index in [-0.39, 0.29) is 18.1 Å². The Morgan fingerprint density at radius 3 is 2.87 bits per heavy atom. The zero-order valence-electron chi connectivity index (χ0n) is 12.7. The molecule has 1 amide bonds. The number of benzene rings is 1. The van der Waals surface area contributed by atoms with Gasteiger partial charge >= 0.3 is 0 Å². The molecular formula is C15H19N3O3S2. The van der Waals surface area contributed by atoms with Crippen LogP contribution in [0.3, 0.4) is 0 Å². The minimum Gasteiger partial charge on any atom is -0.394 e. The normalized spacial score (nSPS) is 17.3. The number of aliphatic hydroxyl groups is 1. The van der Waals surface area contributed by atoms with Crippen molar-refractivity contribution in [3.63, 3.8) is 0 Å². The van der Waals surface area contributed by atoms with Gasteiger partial charge in [0.05, 0.1) is 30.5 Å². The van der Waals surface area contributed by atoms with Crippen molar-refractivity contribution in [2.24, 2.45) is 0 Å². The van der Waals surface area contributed by atoms with E-state index in [1.54, 1.807) is 12.1 Å². The van der Waals surface area contributed by atoms with Gasteiger partial charge in [0.15, 0.2) is 0 Å². The quantitative estimate of drug-likeness (QED) is 0.822. The number of hydrogen-bond donors (Lipinski definition) is 2. The SMILES string of the molecule is O=C(NCC1(OCCO)CCSCC1)c1ccc2nsnc2c1. The number of amides is 1. The average Bonchev–Trinajstić information content (AvgIpc) is 3.06. The molecule has 1 saturated heterocycles. The number of nitrogens with zero attached hydrogens (tertiary/aromatic N) is 2. The molecule has 0 atom stereocenters. The smallest absolute Gasteiger partial charge is 0.251 e. The summed E-state index contributed by atoms with van der Waals surface area (Å²) in [6.07, 6.45) is 1.76. The predicted octanol–water partition coefficient (Wildman–Crippen LogP) is 1.70. The summed E-state index contributed by atoms with van der Waals surface area (Å²) in [5.41, 5.74) is 1.75. The number of hydrogen-bond acceptors (Lipinski definition) is 7. The summed E-state index contributed by atoms with van der Waals surface area (Å²) in [7, 11) is 0. The van der Waals surface area contributed by atoms with E-state index in [4.69, 9.17) is 9.84 Å². The molecule has 2 N–H and O–H groups in total. The molecule has 1 aromatic carbocycles. The van der Waals surface area contributed by atoms with E-state index in [2.05, 4.69) is 14.1 Å². The minimum absolute atomic E-state index is 0.00364. The van der Waals surface area contributed by atoms with Crippen LogP contribution in [0.2, 0.25) is 0 Å². The van der Waals surface area contributed by atoms with Gasteiger partial charge in [-0.05, 0) is 42.5 Å². The van der Waals surface area contributed by atoms with Gasteiger partial charge in [-0.15, -0.1) is 0 Å². The summed E-state index contributed by atoms with van der Waals surface area (Å²) in [4.78, 5) is 12.4. The number of nitrogens with one attached hydrogen (secondary N) is 1. The van der Waals surface area contributed by atoms with Gasteiger partial charge in [-0.2, -0.15) is 20.5 Å². The highest BCUT2D eigenvalue weighted by Crippen LogP contribution is 2.30. The topological polar surface area (TPSA) is 84.3 Å². The maximum Gasteiger partial charge on any atom is 0.251 e. The van der Waals surface area contributed by atoms with Gasteiger partial charge in [-0.3, -0.25) is 4.79 Å². The van der Waals surface area contributed by atoms with Crippen LogP contribution in [-0.2, 0) is 4.74 Å². The maximum atomic E-state index is 12.4. The van der Waals surface area contributed by atoms with Crippen LogP contribution in [0.15, 0.2) is 18.2 Å². The first-order chi connectivity index (χ1) is 11.2. The van der Waals surface area contributed by atoms with Gasteiger partial charge in [0, 0.05) is 12.1 Å². The molecule has 124 valence electrons. The molecule has 0 aliphatic carbocycles. The number of fused-ring (bicyclic) bond motifs is 1. The molecular weight excluding hydrogens is 334 g/mol. The molecule has 1 aromatic heterocycles. The molecule has 23 heavy (non-hydrogen) atoms. The molecule has 1 aliphatic rings. The Balaban J connectivity index is 1.65. The van der Waals surface area contributed by atoms with Crippen molar-refractivity contribution in [2.75, 3.05) is 31.3 Å². The van der Waals surface area contributed by atoms with Crippen LogP contribution >= 0.6 is 23.5 Å². The zero-order chi connectivity index (χ0) is 16.1. The molecule has 0 bridgehead atoms. The predicted molar refractivity (Wildman–Crippen MR) is 92.1 cm³/mol. The number of aromatic nitrogens is 2. The second-order valence-corrected chi connectivity index (χ2v) is 7.27. The summed E-state index contributed by atoms with van der Waals surface area (Å²) < 4.78 is 14.2. The molecule has 2 aromatic rings. The van der Waals surface area contributed by atoms with E-state index >= 15 is 0 Å². The van der Waals surface area contributed by atoms with Gasteiger partial charge in [0.2, 0.25) is 0 Å². The highest BCUT2D eigenvalue weighted by molar-refractivity contribution is 7.99. The molecule has 1 fully saturated rings. The highest BCUT2D eigenvalue weighted by atomic mass is 32.2. The van der Waals surface area contributed by atoms with Crippen molar-refractivity contribution >= 4 is 40.4 Å². The van der Waals surface area contributed by atoms with E-state index < -0.39 is 0 Å². The summed E-state index contributed by atoms with van der Waals surface area (Å²) in [5, 5.41) is 12.0.